The lowest BCUT2D eigenvalue weighted by atomic mass is 9.94. The second kappa shape index (κ2) is 18.1. The summed E-state index contributed by atoms with van der Waals surface area (Å²) in [5.41, 5.74) is 23.7. The molecular formula is C72H48N2. The molecule has 2 aromatic heterocycles. The molecule has 2 heteroatoms. The first-order chi connectivity index (χ1) is 36.7. The zero-order valence-electron chi connectivity index (χ0n) is 40.6. The summed E-state index contributed by atoms with van der Waals surface area (Å²) < 4.78 is 4.92. The summed E-state index contributed by atoms with van der Waals surface area (Å²) in [5.74, 6) is 0. The van der Waals surface area contributed by atoms with Crippen molar-refractivity contribution < 1.29 is 0 Å². The number of hydrogen-bond donors (Lipinski definition) is 0. The molecular weight excluding hydrogens is 893 g/mol. The van der Waals surface area contributed by atoms with Crippen LogP contribution in [0, 0.1) is 0 Å². The molecule has 0 N–H and O–H groups in total. The van der Waals surface area contributed by atoms with Gasteiger partial charge in [0.1, 0.15) is 0 Å². The van der Waals surface area contributed by atoms with Gasteiger partial charge in [-0.1, -0.05) is 218 Å². The third-order valence-corrected chi connectivity index (χ3v) is 14.9. The van der Waals surface area contributed by atoms with E-state index in [0.717, 1.165) is 11.4 Å². The maximum atomic E-state index is 2.47. The first-order valence-corrected chi connectivity index (χ1v) is 25.5. The fourth-order valence-corrected chi connectivity index (χ4v) is 11.3. The van der Waals surface area contributed by atoms with Crippen molar-refractivity contribution in [1.82, 2.24) is 9.13 Å². The van der Waals surface area contributed by atoms with E-state index in [0.29, 0.717) is 0 Å². The first-order valence-electron chi connectivity index (χ1n) is 25.5. The Morgan fingerprint density at radius 2 is 0.446 bits per heavy atom. The predicted octanol–water partition coefficient (Wildman–Crippen LogP) is 19.5. The molecule has 0 saturated heterocycles. The molecule has 0 aliphatic rings. The van der Waals surface area contributed by atoms with Crippen molar-refractivity contribution in [3.63, 3.8) is 0 Å². The van der Waals surface area contributed by atoms with Crippen LogP contribution in [0.4, 0.5) is 0 Å². The minimum absolute atomic E-state index is 1.13. The van der Waals surface area contributed by atoms with Crippen molar-refractivity contribution in [3.05, 3.63) is 291 Å². The molecule has 0 aliphatic carbocycles. The summed E-state index contributed by atoms with van der Waals surface area (Å²) in [6.45, 7) is 0. The average molecular weight is 941 g/mol. The van der Waals surface area contributed by atoms with Gasteiger partial charge in [0.25, 0.3) is 0 Å². The molecule has 0 amide bonds. The molecule has 14 rings (SSSR count). The topological polar surface area (TPSA) is 9.86 Å². The number of rotatable bonds is 9. The van der Waals surface area contributed by atoms with Gasteiger partial charge < -0.3 is 9.13 Å². The molecule has 0 radical (unpaired) electrons. The molecule has 0 aliphatic heterocycles. The lowest BCUT2D eigenvalue weighted by molar-refractivity contribution is 1.18. The lowest BCUT2D eigenvalue weighted by Crippen LogP contribution is -1.96. The largest absolute Gasteiger partial charge is 0.309 e. The molecule has 0 unspecified atom stereocenters. The second-order valence-corrected chi connectivity index (χ2v) is 19.3. The molecule has 0 fully saturated rings. The quantitative estimate of drug-likeness (QED) is 0.136. The van der Waals surface area contributed by atoms with Gasteiger partial charge >= 0.3 is 0 Å². The lowest BCUT2D eigenvalue weighted by Gasteiger charge is -2.14. The van der Waals surface area contributed by atoms with E-state index in [1.165, 1.54) is 122 Å². The molecule has 0 atom stereocenters. The minimum Gasteiger partial charge on any atom is -0.309 e. The van der Waals surface area contributed by atoms with Crippen molar-refractivity contribution in [2.75, 3.05) is 0 Å². The SMILES string of the molecule is c1ccc(-c2ccc(-n3c4ccc(-c5ccc(-c6ccc7c(c6)c6cc(-c8ccccc8)cc(-c8ccccc8)c6n7-c6ccccc6)cc5)cc4c4cc(-c5ccccc5)cc(-c5ccccc5)c43)cc2)cc1. The minimum atomic E-state index is 1.13. The molecule has 0 spiro atoms. The Morgan fingerprint density at radius 1 is 0.176 bits per heavy atom. The van der Waals surface area contributed by atoms with Crippen molar-refractivity contribution in [1.29, 1.82) is 0 Å². The number of hydrogen-bond acceptors (Lipinski definition) is 0. The van der Waals surface area contributed by atoms with E-state index in [9.17, 15) is 0 Å². The van der Waals surface area contributed by atoms with Crippen LogP contribution < -0.4 is 0 Å². The Balaban J connectivity index is 0.922. The zero-order valence-corrected chi connectivity index (χ0v) is 40.6. The number of benzene rings is 12. The molecule has 14 aromatic rings. The highest BCUT2D eigenvalue weighted by molar-refractivity contribution is 6.17. The Kier molecular flexibility index (Phi) is 10.6. The van der Waals surface area contributed by atoms with Gasteiger partial charge in [0.2, 0.25) is 0 Å². The Bertz CT molecular complexity index is 4330. The molecule has 2 heterocycles. The van der Waals surface area contributed by atoms with Gasteiger partial charge in [-0.3, -0.25) is 0 Å². The summed E-state index contributed by atoms with van der Waals surface area (Å²) in [5, 5.41) is 4.89. The van der Waals surface area contributed by atoms with Crippen LogP contribution in [-0.2, 0) is 0 Å². The summed E-state index contributed by atoms with van der Waals surface area (Å²) in [6.07, 6.45) is 0. The van der Waals surface area contributed by atoms with Gasteiger partial charge in [0.05, 0.1) is 22.1 Å². The van der Waals surface area contributed by atoms with E-state index in [-0.39, 0.29) is 0 Å². The predicted molar refractivity (Wildman–Crippen MR) is 313 cm³/mol. The number of nitrogens with zero attached hydrogens (tertiary/aromatic N) is 2. The van der Waals surface area contributed by atoms with Gasteiger partial charge in [-0.25, -0.2) is 0 Å². The highest BCUT2D eigenvalue weighted by Crippen LogP contribution is 2.45. The summed E-state index contributed by atoms with van der Waals surface area (Å²) >= 11 is 0. The highest BCUT2D eigenvalue weighted by atomic mass is 15.0. The smallest absolute Gasteiger partial charge is 0.0619 e. The Morgan fingerprint density at radius 3 is 0.838 bits per heavy atom. The number of fused-ring (bicyclic) bond motifs is 6. The summed E-state index contributed by atoms with van der Waals surface area (Å²) in [4.78, 5) is 0. The van der Waals surface area contributed by atoms with Crippen molar-refractivity contribution >= 4 is 43.6 Å². The second-order valence-electron chi connectivity index (χ2n) is 19.3. The standard InChI is InChI=1S/C72H48N2/c1-7-19-49(20-8-1)52-35-39-62(40-36-52)74-70-42-38-58(44-66(70)68-48-60(51-23-11-3-12-24-51)46-64(72(68)74)56-27-15-5-16-28-56)54-33-31-53(32-34-54)57-37-41-69-65(43-57)67-47-59(50-21-9-2-10-22-50)45-63(55-25-13-4-14-26-55)71(67)73(69)61-29-17-6-18-30-61/h1-48H. The fraction of sp³-hybridized carbons (Fsp3) is 0. The average Bonchev–Trinajstić information content (AvgIpc) is 4.04. The van der Waals surface area contributed by atoms with E-state index >= 15 is 0 Å². The molecule has 74 heavy (non-hydrogen) atoms. The van der Waals surface area contributed by atoms with Crippen LogP contribution in [-0.4, -0.2) is 9.13 Å². The Labute approximate surface area is 431 Å². The monoisotopic (exact) mass is 940 g/mol. The van der Waals surface area contributed by atoms with Crippen molar-refractivity contribution in [3.8, 4) is 89.3 Å². The van der Waals surface area contributed by atoms with Crippen LogP contribution in [0.5, 0.6) is 0 Å². The van der Waals surface area contributed by atoms with E-state index in [2.05, 4.69) is 300 Å². The van der Waals surface area contributed by atoms with Crippen molar-refractivity contribution in [2.45, 2.75) is 0 Å². The van der Waals surface area contributed by atoms with E-state index in [1.54, 1.807) is 0 Å². The normalized spacial score (nSPS) is 11.5. The van der Waals surface area contributed by atoms with Crippen LogP contribution in [0.25, 0.3) is 133 Å². The van der Waals surface area contributed by atoms with Gasteiger partial charge in [-0.05, 0) is 140 Å². The van der Waals surface area contributed by atoms with Gasteiger partial charge in [0.15, 0.2) is 0 Å². The molecule has 2 nitrogen and oxygen atoms in total. The maximum Gasteiger partial charge on any atom is 0.0619 e. The van der Waals surface area contributed by atoms with Gasteiger partial charge in [-0.15, -0.1) is 0 Å². The fourth-order valence-electron chi connectivity index (χ4n) is 11.3. The molecule has 346 valence electrons. The van der Waals surface area contributed by atoms with Crippen molar-refractivity contribution in [2.24, 2.45) is 0 Å². The van der Waals surface area contributed by atoms with Crippen LogP contribution in [0.2, 0.25) is 0 Å². The maximum absolute atomic E-state index is 2.47. The van der Waals surface area contributed by atoms with E-state index in [4.69, 9.17) is 0 Å². The van der Waals surface area contributed by atoms with Gasteiger partial charge in [0, 0.05) is 44.0 Å². The number of para-hydroxylation sites is 1. The van der Waals surface area contributed by atoms with Crippen LogP contribution in [0.3, 0.4) is 0 Å². The number of aromatic nitrogens is 2. The third-order valence-electron chi connectivity index (χ3n) is 14.9. The zero-order chi connectivity index (χ0) is 49.0. The summed E-state index contributed by atoms with van der Waals surface area (Å²) in [7, 11) is 0. The van der Waals surface area contributed by atoms with Crippen LogP contribution in [0.15, 0.2) is 291 Å². The highest BCUT2D eigenvalue weighted by Gasteiger charge is 2.22. The Hall–Kier alpha value is -9.76. The van der Waals surface area contributed by atoms with Gasteiger partial charge in [-0.2, -0.15) is 0 Å². The third kappa shape index (κ3) is 7.52. The van der Waals surface area contributed by atoms with Crippen LogP contribution >= 0.6 is 0 Å². The van der Waals surface area contributed by atoms with Crippen LogP contribution in [0.1, 0.15) is 0 Å². The molecule has 12 aromatic carbocycles. The van der Waals surface area contributed by atoms with E-state index < -0.39 is 0 Å². The van der Waals surface area contributed by atoms with E-state index in [1.807, 2.05) is 0 Å². The molecule has 0 saturated carbocycles. The summed E-state index contributed by atoms with van der Waals surface area (Å²) in [6, 6.07) is 106. The molecule has 0 bridgehead atoms. The first kappa shape index (κ1) is 43.1.